The second-order valence-corrected chi connectivity index (χ2v) is 5.79. The first-order chi connectivity index (χ1) is 8.06. The van der Waals surface area contributed by atoms with E-state index in [1.54, 1.807) is 0 Å². The zero-order chi connectivity index (χ0) is 12.4. The summed E-state index contributed by atoms with van der Waals surface area (Å²) < 4.78 is 1.05. The standard InChI is InChI=1S/C13H20BrN3/c1-9-6-13(11(14)7-12(9)15)16-10-4-3-5-17(2)8-10/h6-7,10,16H,3-5,8,15H2,1-2H3. The predicted octanol–water partition coefficient (Wildman–Crippen LogP) is 2.85. The van der Waals surface area contributed by atoms with E-state index in [1.807, 2.05) is 13.0 Å². The summed E-state index contributed by atoms with van der Waals surface area (Å²) in [5.74, 6) is 0. The van der Waals surface area contributed by atoms with E-state index in [0.717, 1.165) is 28.0 Å². The Balaban J connectivity index is 2.10. The summed E-state index contributed by atoms with van der Waals surface area (Å²) in [6.45, 7) is 4.36. The summed E-state index contributed by atoms with van der Waals surface area (Å²) in [4.78, 5) is 2.37. The second-order valence-electron chi connectivity index (χ2n) is 4.93. The molecule has 1 unspecified atom stereocenters. The number of nitrogen functional groups attached to an aromatic ring is 1. The SMILES string of the molecule is Cc1cc(NC2CCCN(C)C2)c(Br)cc1N. The fourth-order valence-corrected chi connectivity index (χ4v) is 2.79. The molecule has 1 aromatic carbocycles. The normalized spacial score (nSPS) is 21.5. The third-order valence-electron chi connectivity index (χ3n) is 3.34. The van der Waals surface area contributed by atoms with E-state index >= 15 is 0 Å². The van der Waals surface area contributed by atoms with Crippen molar-refractivity contribution < 1.29 is 0 Å². The molecule has 0 spiro atoms. The van der Waals surface area contributed by atoms with E-state index in [2.05, 4.69) is 39.3 Å². The molecule has 1 heterocycles. The first kappa shape index (κ1) is 12.7. The summed E-state index contributed by atoms with van der Waals surface area (Å²) in [5.41, 5.74) is 8.99. The van der Waals surface area contributed by atoms with Gasteiger partial charge in [0.05, 0.1) is 0 Å². The quantitative estimate of drug-likeness (QED) is 0.825. The van der Waals surface area contributed by atoms with Crippen LogP contribution in [-0.4, -0.2) is 31.1 Å². The van der Waals surface area contributed by atoms with E-state index in [0.29, 0.717) is 6.04 Å². The minimum Gasteiger partial charge on any atom is -0.398 e. The van der Waals surface area contributed by atoms with Gasteiger partial charge in [-0.15, -0.1) is 0 Å². The molecule has 0 radical (unpaired) electrons. The van der Waals surface area contributed by atoms with Crippen LogP contribution in [0.15, 0.2) is 16.6 Å². The highest BCUT2D eigenvalue weighted by Gasteiger charge is 2.17. The van der Waals surface area contributed by atoms with Crippen LogP contribution in [-0.2, 0) is 0 Å². The molecule has 17 heavy (non-hydrogen) atoms. The largest absolute Gasteiger partial charge is 0.398 e. The third kappa shape index (κ3) is 3.13. The maximum atomic E-state index is 5.88. The molecule has 1 fully saturated rings. The number of piperidine rings is 1. The van der Waals surface area contributed by atoms with E-state index < -0.39 is 0 Å². The predicted molar refractivity (Wildman–Crippen MR) is 77.4 cm³/mol. The molecule has 1 atom stereocenters. The summed E-state index contributed by atoms with van der Waals surface area (Å²) in [7, 11) is 2.18. The lowest BCUT2D eigenvalue weighted by atomic mass is 10.1. The molecule has 4 heteroatoms. The van der Waals surface area contributed by atoms with Gasteiger partial charge < -0.3 is 16.0 Å². The van der Waals surface area contributed by atoms with E-state index in [1.165, 1.54) is 19.4 Å². The molecular formula is C13H20BrN3. The lowest BCUT2D eigenvalue weighted by Gasteiger charge is -2.31. The smallest absolute Gasteiger partial charge is 0.0491 e. The van der Waals surface area contributed by atoms with Crippen LogP contribution < -0.4 is 11.1 Å². The van der Waals surface area contributed by atoms with Crippen molar-refractivity contribution in [3.63, 3.8) is 0 Å². The van der Waals surface area contributed by atoms with Gasteiger partial charge in [-0.1, -0.05) is 0 Å². The average molecular weight is 298 g/mol. The summed E-state index contributed by atoms with van der Waals surface area (Å²) in [6, 6.07) is 4.63. The van der Waals surface area contributed by atoms with Crippen LogP contribution in [0, 0.1) is 6.92 Å². The number of halogens is 1. The number of benzene rings is 1. The Labute approximate surface area is 111 Å². The maximum absolute atomic E-state index is 5.88. The fourth-order valence-electron chi connectivity index (χ4n) is 2.31. The average Bonchev–Trinajstić information content (AvgIpc) is 2.26. The van der Waals surface area contributed by atoms with Crippen LogP contribution in [0.25, 0.3) is 0 Å². The molecule has 0 aliphatic carbocycles. The zero-order valence-electron chi connectivity index (χ0n) is 10.5. The molecule has 1 aromatic rings. The minimum atomic E-state index is 0.535. The molecule has 3 N–H and O–H groups in total. The Morgan fingerprint density at radius 2 is 2.24 bits per heavy atom. The Morgan fingerprint density at radius 3 is 2.94 bits per heavy atom. The zero-order valence-corrected chi connectivity index (χ0v) is 12.0. The second kappa shape index (κ2) is 5.27. The fraction of sp³-hybridized carbons (Fsp3) is 0.538. The van der Waals surface area contributed by atoms with Gasteiger partial charge in [-0.05, 0) is 67.0 Å². The molecule has 0 amide bonds. The number of anilines is 2. The Morgan fingerprint density at radius 1 is 1.47 bits per heavy atom. The van der Waals surface area contributed by atoms with Crippen molar-refractivity contribution in [1.82, 2.24) is 4.90 Å². The number of hydrogen-bond acceptors (Lipinski definition) is 3. The van der Waals surface area contributed by atoms with E-state index in [4.69, 9.17) is 5.73 Å². The monoisotopic (exact) mass is 297 g/mol. The van der Waals surface area contributed by atoms with Crippen molar-refractivity contribution in [3.8, 4) is 0 Å². The number of rotatable bonds is 2. The topological polar surface area (TPSA) is 41.3 Å². The molecule has 0 aromatic heterocycles. The van der Waals surface area contributed by atoms with Gasteiger partial charge in [-0.2, -0.15) is 0 Å². The van der Waals surface area contributed by atoms with Gasteiger partial charge in [-0.25, -0.2) is 0 Å². The highest BCUT2D eigenvalue weighted by molar-refractivity contribution is 9.10. The van der Waals surface area contributed by atoms with E-state index in [9.17, 15) is 0 Å². The molecule has 2 rings (SSSR count). The molecule has 1 saturated heterocycles. The number of nitrogens with one attached hydrogen (secondary N) is 1. The van der Waals surface area contributed by atoms with Crippen molar-refractivity contribution in [2.75, 3.05) is 31.2 Å². The Bertz CT molecular complexity index is 406. The summed E-state index contributed by atoms with van der Waals surface area (Å²) >= 11 is 3.57. The van der Waals surface area contributed by atoms with Crippen LogP contribution in [0.5, 0.6) is 0 Å². The number of nitrogens with zero attached hydrogens (tertiary/aromatic N) is 1. The molecule has 0 bridgehead atoms. The van der Waals surface area contributed by atoms with Crippen molar-refractivity contribution in [2.45, 2.75) is 25.8 Å². The van der Waals surface area contributed by atoms with Crippen molar-refractivity contribution in [1.29, 1.82) is 0 Å². The number of likely N-dealkylation sites (N-methyl/N-ethyl adjacent to an activating group) is 1. The van der Waals surface area contributed by atoms with Crippen LogP contribution >= 0.6 is 15.9 Å². The van der Waals surface area contributed by atoms with Crippen LogP contribution in [0.1, 0.15) is 18.4 Å². The van der Waals surface area contributed by atoms with Gasteiger partial charge in [0.1, 0.15) is 0 Å². The van der Waals surface area contributed by atoms with Gasteiger partial charge in [0.15, 0.2) is 0 Å². The molecule has 1 aliphatic rings. The minimum absolute atomic E-state index is 0.535. The summed E-state index contributed by atoms with van der Waals surface area (Å²) in [6.07, 6.45) is 2.50. The van der Waals surface area contributed by atoms with Crippen molar-refractivity contribution >= 4 is 27.3 Å². The van der Waals surface area contributed by atoms with Gasteiger partial charge in [0.25, 0.3) is 0 Å². The van der Waals surface area contributed by atoms with Crippen molar-refractivity contribution in [3.05, 3.63) is 22.2 Å². The molecule has 94 valence electrons. The number of aryl methyl sites for hydroxylation is 1. The van der Waals surface area contributed by atoms with Gasteiger partial charge >= 0.3 is 0 Å². The summed E-state index contributed by atoms with van der Waals surface area (Å²) in [5, 5.41) is 3.60. The molecule has 1 aliphatic heterocycles. The van der Waals surface area contributed by atoms with Gasteiger partial charge in [-0.3, -0.25) is 0 Å². The third-order valence-corrected chi connectivity index (χ3v) is 4.00. The Kier molecular flexibility index (Phi) is 3.94. The van der Waals surface area contributed by atoms with Crippen LogP contribution in [0.4, 0.5) is 11.4 Å². The lowest BCUT2D eigenvalue weighted by Crippen LogP contribution is -2.39. The molecule has 3 nitrogen and oxygen atoms in total. The number of likely N-dealkylation sites (tertiary alicyclic amines) is 1. The Hall–Kier alpha value is -0.740. The van der Waals surface area contributed by atoms with Crippen LogP contribution in [0.2, 0.25) is 0 Å². The van der Waals surface area contributed by atoms with Crippen molar-refractivity contribution in [2.24, 2.45) is 0 Å². The van der Waals surface area contributed by atoms with Gasteiger partial charge in [0, 0.05) is 28.4 Å². The number of hydrogen-bond donors (Lipinski definition) is 2. The highest BCUT2D eigenvalue weighted by Crippen LogP contribution is 2.29. The first-order valence-corrected chi connectivity index (χ1v) is 6.86. The maximum Gasteiger partial charge on any atom is 0.0491 e. The van der Waals surface area contributed by atoms with Gasteiger partial charge in [0.2, 0.25) is 0 Å². The molecular weight excluding hydrogens is 278 g/mol. The first-order valence-electron chi connectivity index (χ1n) is 6.07. The molecule has 0 saturated carbocycles. The number of nitrogens with two attached hydrogens (primary N) is 1. The lowest BCUT2D eigenvalue weighted by molar-refractivity contribution is 0.261. The highest BCUT2D eigenvalue weighted by atomic mass is 79.9. The van der Waals surface area contributed by atoms with Crippen LogP contribution in [0.3, 0.4) is 0 Å². The van der Waals surface area contributed by atoms with E-state index in [-0.39, 0.29) is 0 Å².